The molecule has 0 aliphatic carbocycles. The Balaban J connectivity index is 1.60. The van der Waals surface area contributed by atoms with Gasteiger partial charge >= 0.3 is 0 Å². The van der Waals surface area contributed by atoms with E-state index in [0.717, 1.165) is 46.7 Å². The second-order valence-electron chi connectivity index (χ2n) is 6.10. The molecule has 1 aliphatic heterocycles. The maximum absolute atomic E-state index is 4.71. The number of nitrogens with zero attached hydrogens (tertiary/aromatic N) is 6. The van der Waals surface area contributed by atoms with Crippen molar-refractivity contribution >= 4 is 16.3 Å². The molecule has 0 amide bonds. The Morgan fingerprint density at radius 3 is 2.65 bits per heavy atom. The summed E-state index contributed by atoms with van der Waals surface area (Å²) in [5.41, 5.74) is 2.05. The summed E-state index contributed by atoms with van der Waals surface area (Å²) in [6, 6.07) is 4.07. The minimum Gasteiger partial charge on any atom is -0.296 e. The van der Waals surface area contributed by atoms with Crippen LogP contribution in [0.15, 0.2) is 18.3 Å². The fourth-order valence-corrected chi connectivity index (χ4v) is 3.81. The Morgan fingerprint density at radius 1 is 1.09 bits per heavy atom. The summed E-state index contributed by atoms with van der Waals surface area (Å²) in [7, 11) is 0. The molecule has 0 aromatic carbocycles. The first-order chi connectivity index (χ1) is 11.3. The maximum Gasteiger partial charge on any atom is 0.235 e. The molecule has 0 radical (unpaired) electrons. The van der Waals surface area contributed by atoms with Crippen LogP contribution in [0.25, 0.3) is 15.5 Å². The molecule has 7 heteroatoms. The molecule has 1 aliphatic rings. The summed E-state index contributed by atoms with van der Waals surface area (Å²) in [6.45, 7) is 5.11. The van der Waals surface area contributed by atoms with E-state index in [1.165, 1.54) is 25.7 Å². The highest BCUT2D eigenvalue weighted by atomic mass is 32.1. The van der Waals surface area contributed by atoms with Crippen molar-refractivity contribution in [3.63, 3.8) is 0 Å². The molecule has 0 saturated carbocycles. The standard InChI is InChI=1S/C16H20N6S/c1-12-6-7-13(10-17-12)15-20-22-14(18-19-16(22)23-15)11-21-8-4-2-3-5-9-21/h6-7,10H,2-5,8-9,11H2,1H3. The molecule has 4 rings (SSSR count). The molecule has 23 heavy (non-hydrogen) atoms. The highest BCUT2D eigenvalue weighted by Gasteiger charge is 2.17. The second kappa shape index (κ2) is 6.33. The van der Waals surface area contributed by atoms with E-state index in [2.05, 4.69) is 26.1 Å². The van der Waals surface area contributed by atoms with Gasteiger partial charge in [-0.25, -0.2) is 0 Å². The number of fused-ring (bicyclic) bond motifs is 1. The lowest BCUT2D eigenvalue weighted by Crippen LogP contribution is -2.25. The smallest absolute Gasteiger partial charge is 0.235 e. The van der Waals surface area contributed by atoms with E-state index >= 15 is 0 Å². The maximum atomic E-state index is 4.71. The van der Waals surface area contributed by atoms with Gasteiger partial charge in [0, 0.05) is 17.5 Å². The van der Waals surface area contributed by atoms with E-state index in [1.54, 1.807) is 11.3 Å². The van der Waals surface area contributed by atoms with Gasteiger partial charge in [-0.1, -0.05) is 24.2 Å². The number of pyridine rings is 1. The molecule has 4 heterocycles. The predicted molar refractivity (Wildman–Crippen MR) is 90.4 cm³/mol. The lowest BCUT2D eigenvalue weighted by atomic mass is 10.2. The van der Waals surface area contributed by atoms with E-state index < -0.39 is 0 Å². The molecule has 0 bridgehead atoms. The summed E-state index contributed by atoms with van der Waals surface area (Å²) >= 11 is 1.56. The van der Waals surface area contributed by atoms with Crippen LogP contribution in [0.1, 0.15) is 37.2 Å². The summed E-state index contributed by atoms with van der Waals surface area (Å²) in [5.74, 6) is 0.935. The van der Waals surface area contributed by atoms with Gasteiger partial charge < -0.3 is 0 Å². The lowest BCUT2D eigenvalue weighted by Gasteiger charge is -2.17. The van der Waals surface area contributed by atoms with Gasteiger partial charge in [0.2, 0.25) is 4.96 Å². The first-order valence-corrected chi connectivity index (χ1v) is 8.98. The zero-order valence-electron chi connectivity index (χ0n) is 13.3. The molecule has 0 spiro atoms. The number of likely N-dealkylation sites (tertiary alicyclic amines) is 1. The summed E-state index contributed by atoms with van der Waals surface area (Å²) in [5, 5.41) is 14.3. The lowest BCUT2D eigenvalue weighted by molar-refractivity contribution is 0.268. The third-order valence-electron chi connectivity index (χ3n) is 4.28. The van der Waals surface area contributed by atoms with Crippen LogP contribution in [0, 0.1) is 6.92 Å². The minimum absolute atomic E-state index is 0.830. The molecule has 1 fully saturated rings. The summed E-state index contributed by atoms with van der Waals surface area (Å²) < 4.78 is 1.89. The second-order valence-corrected chi connectivity index (χ2v) is 7.05. The third kappa shape index (κ3) is 3.11. The van der Waals surface area contributed by atoms with E-state index in [9.17, 15) is 0 Å². The van der Waals surface area contributed by atoms with Crippen molar-refractivity contribution in [2.24, 2.45) is 0 Å². The Hall–Kier alpha value is -1.86. The van der Waals surface area contributed by atoms with Crippen LogP contribution in [-0.2, 0) is 6.54 Å². The average Bonchev–Trinajstić information content (AvgIpc) is 3.02. The molecule has 1 saturated heterocycles. The quantitative estimate of drug-likeness (QED) is 0.740. The molecule has 0 atom stereocenters. The van der Waals surface area contributed by atoms with Gasteiger partial charge in [0.15, 0.2) is 5.82 Å². The summed E-state index contributed by atoms with van der Waals surface area (Å²) in [6.07, 6.45) is 7.11. The van der Waals surface area contributed by atoms with E-state index in [0.29, 0.717) is 0 Å². The van der Waals surface area contributed by atoms with Crippen LogP contribution in [0.2, 0.25) is 0 Å². The Kier molecular flexibility index (Phi) is 4.05. The molecule has 0 N–H and O–H groups in total. The Morgan fingerprint density at radius 2 is 1.91 bits per heavy atom. The number of aryl methyl sites for hydroxylation is 1. The Labute approximate surface area is 139 Å². The highest BCUT2D eigenvalue weighted by molar-refractivity contribution is 7.19. The van der Waals surface area contributed by atoms with Crippen LogP contribution >= 0.6 is 11.3 Å². The van der Waals surface area contributed by atoms with Gasteiger partial charge in [-0.05, 0) is 45.0 Å². The first-order valence-electron chi connectivity index (χ1n) is 8.16. The zero-order chi connectivity index (χ0) is 15.6. The van der Waals surface area contributed by atoms with Gasteiger partial charge in [-0.3, -0.25) is 9.88 Å². The van der Waals surface area contributed by atoms with Crippen molar-refractivity contribution in [3.8, 4) is 10.6 Å². The number of hydrogen-bond donors (Lipinski definition) is 0. The van der Waals surface area contributed by atoms with Crippen molar-refractivity contribution in [1.29, 1.82) is 0 Å². The van der Waals surface area contributed by atoms with Gasteiger partial charge in [0.1, 0.15) is 5.01 Å². The fraction of sp³-hybridized carbons (Fsp3) is 0.500. The van der Waals surface area contributed by atoms with Crippen molar-refractivity contribution in [1.82, 2.24) is 29.7 Å². The van der Waals surface area contributed by atoms with Gasteiger partial charge in [-0.15, -0.1) is 10.2 Å². The highest BCUT2D eigenvalue weighted by Crippen LogP contribution is 2.25. The van der Waals surface area contributed by atoms with Crippen LogP contribution in [0.5, 0.6) is 0 Å². The summed E-state index contributed by atoms with van der Waals surface area (Å²) in [4.78, 5) is 7.67. The average molecular weight is 328 g/mol. The van der Waals surface area contributed by atoms with Crippen LogP contribution < -0.4 is 0 Å². The molecule has 3 aromatic rings. The van der Waals surface area contributed by atoms with Gasteiger partial charge in [0.25, 0.3) is 0 Å². The number of hydrogen-bond acceptors (Lipinski definition) is 6. The number of aromatic nitrogens is 5. The largest absolute Gasteiger partial charge is 0.296 e. The normalized spacial score (nSPS) is 16.7. The van der Waals surface area contributed by atoms with E-state index in [-0.39, 0.29) is 0 Å². The molecule has 6 nitrogen and oxygen atoms in total. The van der Waals surface area contributed by atoms with Crippen molar-refractivity contribution < 1.29 is 0 Å². The number of rotatable bonds is 3. The van der Waals surface area contributed by atoms with E-state index in [4.69, 9.17) is 5.10 Å². The van der Waals surface area contributed by atoms with Crippen molar-refractivity contribution in [2.45, 2.75) is 39.2 Å². The zero-order valence-corrected chi connectivity index (χ0v) is 14.1. The van der Waals surface area contributed by atoms with E-state index in [1.807, 2.05) is 23.7 Å². The third-order valence-corrected chi connectivity index (χ3v) is 5.23. The predicted octanol–water partition coefficient (Wildman–Crippen LogP) is 2.93. The van der Waals surface area contributed by atoms with Crippen LogP contribution in [-0.4, -0.2) is 42.8 Å². The SMILES string of the molecule is Cc1ccc(-c2nn3c(CN4CCCCCC4)nnc3s2)cn1. The van der Waals surface area contributed by atoms with Crippen molar-refractivity contribution in [3.05, 3.63) is 29.8 Å². The molecular weight excluding hydrogens is 308 g/mol. The van der Waals surface area contributed by atoms with Gasteiger partial charge in [-0.2, -0.15) is 9.61 Å². The van der Waals surface area contributed by atoms with Crippen molar-refractivity contribution in [2.75, 3.05) is 13.1 Å². The van der Waals surface area contributed by atoms with Crippen LogP contribution in [0.4, 0.5) is 0 Å². The molecule has 0 unspecified atom stereocenters. The van der Waals surface area contributed by atoms with Gasteiger partial charge in [0.05, 0.1) is 6.54 Å². The topological polar surface area (TPSA) is 59.2 Å². The molecular formula is C16H20N6S. The fourth-order valence-electron chi connectivity index (χ4n) is 2.96. The monoisotopic (exact) mass is 328 g/mol. The molecule has 3 aromatic heterocycles. The Bertz CT molecular complexity index is 783. The molecule has 120 valence electrons. The minimum atomic E-state index is 0.830. The first kappa shape index (κ1) is 14.7. The van der Waals surface area contributed by atoms with Crippen LogP contribution in [0.3, 0.4) is 0 Å².